The molecule has 10 nitrogen and oxygen atoms in total. The van der Waals surface area contributed by atoms with Crippen molar-refractivity contribution in [1.29, 1.82) is 0 Å². The molecule has 2 aromatic rings. The van der Waals surface area contributed by atoms with Crippen molar-refractivity contribution in [1.82, 2.24) is 15.5 Å². The SMILES string of the molecule is CCCCNC(=O)C(c1ccc(O)c(C)c1)N(CCO)C(=O)C(Cc1ccc(O)cc1)NC(=O)OC(C)(C)C. The van der Waals surface area contributed by atoms with E-state index in [1.54, 1.807) is 52.0 Å². The number of aryl methyl sites for hydroxylation is 1. The van der Waals surface area contributed by atoms with Gasteiger partial charge in [-0.25, -0.2) is 4.79 Å². The largest absolute Gasteiger partial charge is 0.508 e. The minimum atomic E-state index is -1.15. The van der Waals surface area contributed by atoms with E-state index in [1.807, 2.05) is 6.92 Å². The van der Waals surface area contributed by atoms with Crippen molar-refractivity contribution < 1.29 is 34.4 Å². The number of nitrogens with zero attached hydrogens (tertiary/aromatic N) is 1. The fourth-order valence-corrected chi connectivity index (χ4v) is 4.00. The third kappa shape index (κ3) is 9.79. The highest BCUT2D eigenvalue weighted by Gasteiger charge is 2.36. The molecule has 0 bridgehead atoms. The number of ether oxygens (including phenoxy) is 1. The van der Waals surface area contributed by atoms with Gasteiger partial charge in [0.05, 0.1) is 6.61 Å². The number of alkyl carbamates (subject to hydrolysis) is 1. The molecular weight excluding hydrogens is 502 g/mol. The molecule has 0 radical (unpaired) electrons. The van der Waals surface area contributed by atoms with Crippen LogP contribution in [0.25, 0.3) is 0 Å². The number of amides is 3. The highest BCUT2D eigenvalue weighted by molar-refractivity contribution is 5.92. The summed E-state index contributed by atoms with van der Waals surface area (Å²) >= 11 is 0. The Labute approximate surface area is 230 Å². The lowest BCUT2D eigenvalue weighted by atomic mass is 9.98. The molecule has 214 valence electrons. The maximum absolute atomic E-state index is 14.1. The number of aromatic hydroxyl groups is 2. The summed E-state index contributed by atoms with van der Waals surface area (Å²) in [5, 5.41) is 35.1. The Morgan fingerprint density at radius 1 is 1.05 bits per heavy atom. The van der Waals surface area contributed by atoms with Crippen molar-refractivity contribution in [2.45, 2.75) is 71.6 Å². The van der Waals surface area contributed by atoms with Gasteiger partial charge in [0, 0.05) is 19.5 Å². The van der Waals surface area contributed by atoms with Gasteiger partial charge >= 0.3 is 6.09 Å². The van der Waals surface area contributed by atoms with Crippen molar-refractivity contribution in [3.63, 3.8) is 0 Å². The second-order valence-electron chi connectivity index (χ2n) is 10.4. The zero-order valence-corrected chi connectivity index (χ0v) is 23.4. The molecule has 0 fully saturated rings. The Morgan fingerprint density at radius 2 is 1.72 bits per heavy atom. The number of hydrogen-bond donors (Lipinski definition) is 5. The molecule has 0 aromatic heterocycles. The van der Waals surface area contributed by atoms with Gasteiger partial charge in [-0.05, 0) is 75.1 Å². The van der Waals surface area contributed by atoms with Crippen LogP contribution in [0.1, 0.15) is 63.3 Å². The molecule has 0 heterocycles. The number of benzene rings is 2. The van der Waals surface area contributed by atoms with Crippen LogP contribution in [0, 0.1) is 6.92 Å². The Kier molecular flexibility index (Phi) is 11.6. The van der Waals surface area contributed by atoms with Crippen molar-refractivity contribution in [3.8, 4) is 11.5 Å². The first kappa shape index (κ1) is 31.4. The number of nitrogens with one attached hydrogen (secondary N) is 2. The van der Waals surface area contributed by atoms with Crippen LogP contribution in [0.2, 0.25) is 0 Å². The number of unbranched alkanes of at least 4 members (excludes halogenated alkanes) is 1. The minimum Gasteiger partial charge on any atom is -0.508 e. The molecule has 0 saturated heterocycles. The van der Waals surface area contributed by atoms with Crippen LogP contribution in [0.3, 0.4) is 0 Å². The summed E-state index contributed by atoms with van der Waals surface area (Å²) in [6.45, 7) is 8.55. The topological polar surface area (TPSA) is 148 Å². The van der Waals surface area contributed by atoms with E-state index >= 15 is 0 Å². The number of phenolic OH excluding ortho intramolecular Hbond substituents is 2. The summed E-state index contributed by atoms with van der Waals surface area (Å²) < 4.78 is 5.38. The molecule has 10 heteroatoms. The van der Waals surface area contributed by atoms with E-state index in [9.17, 15) is 29.7 Å². The van der Waals surface area contributed by atoms with Gasteiger partial charge in [0.2, 0.25) is 11.8 Å². The second-order valence-corrected chi connectivity index (χ2v) is 10.4. The van der Waals surface area contributed by atoms with Crippen LogP contribution in [-0.2, 0) is 20.7 Å². The molecule has 0 saturated carbocycles. The smallest absolute Gasteiger partial charge is 0.408 e. The number of hydrogen-bond acceptors (Lipinski definition) is 7. The molecule has 2 unspecified atom stereocenters. The molecule has 2 aromatic carbocycles. The maximum atomic E-state index is 14.1. The van der Waals surface area contributed by atoms with Crippen LogP contribution >= 0.6 is 0 Å². The molecular formula is C29H41N3O7. The van der Waals surface area contributed by atoms with E-state index < -0.39 is 42.2 Å². The molecule has 0 spiro atoms. The zero-order valence-electron chi connectivity index (χ0n) is 23.4. The van der Waals surface area contributed by atoms with Gasteiger partial charge < -0.3 is 35.6 Å². The van der Waals surface area contributed by atoms with E-state index in [0.717, 1.165) is 12.8 Å². The zero-order chi connectivity index (χ0) is 29.2. The van der Waals surface area contributed by atoms with Crippen LogP contribution in [-0.4, -0.2) is 69.5 Å². The number of carbonyl (C=O) groups excluding carboxylic acids is 3. The van der Waals surface area contributed by atoms with Gasteiger partial charge in [-0.2, -0.15) is 0 Å². The second kappa shape index (κ2) is 14.4. The average molecular weight is 544 g/mol. The summed E-state index contributed by atoms with van der Waals surface area (Å²) in [6.07, 6.45) is 0.828. The first-order valence-electron chi connectivity index (χ1n) is 13.1. The van der Waals surface area contributed by atoms with E-state index in [-0.39, 0.29) is 24.5 Å². The normalized spacial score (nSPS) is 12.8. The fourth-order valence-electron chi connectivity index (χ4n) is 4.00. The third-order valence-electron chi connectivity index (χ3n) is 5.92. The predicted molar refractivity (Wildman–Crippen MR) is 147 cm³/mol. The standard InChI is InChI=1S/C29H41N3O7/c1-6-7-14-30-26(36)25(21-10-13-24(35)19(2)17-21)32(15-16-33)27(37)23(31-28(38)39-29(3,4)5)18-20-8-11-22(34)12-9-20/h8-13,17,23,25,33-35H,6-7,14-16,18H2,1-5H3,(H,30,36)(H,31,38). The first-order chi connectivity index (χ1) is 18.4. The van der Waals surface area contributed by atoms with Gasteiger partial charge in [-0.3, -0.25) is 9.59 Å². The molecule has 0 aliphatic rings. The fraction of sp³-hybridized carbons (Fsp3) is 0.483. The molecule has 2 rings (SSSR count). The highest BCUT2D eigenvalue weighted by Crippen LogP contribution is 2.27. The first-order valence-corrected chi connectivity index (χ1v) is 13.1. The summed E-state index contributed by atoms with van der Waals surface area (Å²) in [6, 6.07) is 8.53. The number of aliphatic hydroxyl groups excluding tert-OH is 1. The lowest BCUT2D eigenvalue weighted by Gasteiger charge is -2.34. The Morgan fingerprint density at radius 3 is 2.28 bits per heavy atom. The average Bonchev–Trinajstić information content (AvgIpc) is 2.85. The van der Waals surface area contributed by atoms with Gasteiger partial charge in [0.25, 0.3) is 0 Å². The molecule has 39 heavy (non-hydrogen) atoms. The highest BCUT2D eigenvalue weighted by atomic mass is 16.6. The van der Waals surface area contributed by atoms with Crippen LogP contribution in [0.4, 0.5) is 4.79 Å². The van der Waals surface area contributed by atoms with Crippen molar-refractivity contribution in [3.05, 3.63) is 59.2 Å². The van der Waals surface area contributed by atoms with E-state index in [0.29, 0.717) is 23.2 Å². The molecule has 0 aliphatic carbocycles. The van der Waals surface area contributed by atoms with Crippen LogP contribution < -0.4 is 10.6 Å². The number of aliphatic hydroxyl groups is 1. The van der Waals surface area contributed by atoms with Gasteiger partial charge in [0.15, 0.2) is 0 Å². The molecule has 5 N–H and O–H groups in total. The number of phenols is 2. The predicted octanol–water partition coefficient (Wildman–Crippen LogP) is 3.32. The molecule has 2 atom stereocenters. The number of carbonyl (C=O) groups is 3. The Bertz CT molecular complexity index is 1110. The summed E-state index contributed by atoms with van der Waals surface area (Å²) in [4.78, 5) is 41.5. The lowest BCUT2D eigenvalue weighted by Crippen LogP contribution is -2.54. The van der Waals surface area contributed by atoms with Crippen LogP contribution in [0.5, 0.6) is 11.5 Å². The minimum absolute atomic E-state index is 0.0407. The van der Waals surface area contributed by atoms with E-state index in [2.05, 4.69) is 10.6 Å². The third-order valence-corrected chi connectivity index (χ3v) is 5.92. The van der Waals surface area contributed by atoms with Gasteiger partial charge in [-0.15, -0.1) is 0 Å². The Balaban J connectivity index is 2.52. The summed E-state index contributed by atoms with van der Waals surface area (Å²) in [5.41, 5.74) is 0.798. The molecule has 0 aliphatic heterocycles. The van der Waals surface area contributed by atoms with Crippen molar-refractivity contribution in [2.24, 2.45) is 0 Å². The van der Waals surface area contributed by atoms with E-state index in [1.165, 1.54) is 23.1 Å². The summed E-state index contributed by atoms with van der Waals surface area (Å²) in [5.74, 6) is -0.962. The van der Waals surface area contributed by atoms with Gasteiger partial charge in [0.1, 0.15) is 29.2 Å². The van der Waals surface area contributed by atoms with Gasteiger partial charge in [-0.1, -0.05) is 31.5 Å². The maximum Gasteiger partial charge on any atom is 0.408 e. The van der Waals surface area contributed by atoms with Crippen molar-refractivity contribution in [2.75, 3.05) is 19.7 Å². The Hall–Kier alpha value is -3.79. The number of rotatable bonds is 12. The summed E-state index contributed by atoms with van der Waals surface area (Å²) in [7, 11) is 0. The van der Waals surface area contributed by atoms with Crippen molar-refractivity contribution >= 4 is 17.9 Å². The molecule has 3 amide bonds. The van der Waals surface area contributed by atoms with Crippen LogP contribution in [0.15, 0.2) is 42.5 Å². The monoisotopic (exact) mass is 543 g/mol. The quantitative estimate of drug-likeness (QED) is 0.258. The lowest BCUT2D eigenvalue weighted by molar-refractivity contribution is -0.143. The van der Waals surface area contributed by atoms with E-state index in [4.69, 9.17) is 4.74 Å².